The van der Waals surface area contributed by atoms with Crippen LogP contribution in [0.25, 0.3) is 0 Å². The van der Waals surface area contributed by atoms with Crippen LogP contribution in [-0.2, 0) is 6.54 Å². The highest BCUT2D eigenvalue weighted by atomic mass is 35.5. The highest BCUT2D eigenvalue weighted by Gasteiger charge is 2.13. The van der Waals surface area contributed by atoms with E-state index >= 15 is 0 Å². The van der Waals surface area contributed by atoms with Crippen LogP contribution < -0.4 is 5.32 Å². The fourth-order valence-electron chi connectivity index (χ4n) is 1.49. The zero-order valence-electron chi connectivity index (χ0n) is 9.14. The number of aliphatic hydroxyl groups excluding tert-OH is 1. The Morgan fingerprint density at radius 1 is 1.35 bits per heavy atom. The molecule has 2 rings (SSSR count). The van der Waals surface area contributed by atoms with Gasteiger partial charge in [-0.05, 0) is 5.56 Å². The average molecular weight is 269 g/mol. The number of hydrogen-bond acceptors (Lipinski definition) is 4. The van der Waals surface area contributed by atoms with Crippen molar-refractivity contribution < 1.29 is 5.11 Å². The third-order valence-electron chi connectivity index (χ3n) is 2.37. The number of nitrogens with one attached hydrogen (secondary N) is 1. The molecule has 0 saturated carbocycles. The van der Waals surface area contributed by atoms with E-state index < -0.39 is 0 Å². The van der Waals surface area contributed by atoms with Crippen LogP contribution >= 0.6 is 22.9 Å². The van der Waals surface area contributed by atoms with E-state index in [0.29, 0.717) is 10.9 Å². The van der Waals surface area contributed by atoms with E-state index in [1.165, 1.54) is 16.9 Å². The zero-order chi connectivity index (χ0) is 12.1. The summed E-state index contributed by atoms with van der Waals surface area (Å²) in [5, 5.41) is 13.4. The molecule has 0 fully saturated rings. The second kappa shape index (κ2) is 6.12. The monoisotopic (exact) mass is 268 g/mol. The SMILES string of the molecule is OCC(NCc1ccccc1)c1ncc(Cl)s1. The number of aliphatic hydroxyl groups is 1. The summed E-state index contributed by atoms with van der Waals surface area (Å²) < 4.78 is 0.639. The van der Waals surface area contributed by atoms with Crippen molar-refractivity contribution in [3.05, 3.63) is 51.4 Å². The fraction of sp³-hybridized carbons (Fsp3) is 0.250. The van der Waals surface area contributed by atoms with Crippen molar-refractivity contribution in [3.8, 4) is 0 Å². The highest BCUT2D eigenvalue weighted by Crippen LogP contribution is 2.23. The lowest BCUT2D eigenvalue weighted by atomic mass is 10.2. The van der Waals surface area contributed by atoms with Crippen LogP contribution in [0.1, 0.15) is 16.6 Å². The summed E-state index contributed by atoms with van der Waals surface area (Å²) in [6.45, 7) is 0.708. The molecule has 1 heterocycles. The van der Waals surface area contributed by atoms with Gasteiger partial charge in [0.2, 0.25) is 0 Å². The minimum atomic E-state index is -0.160. The smallest absolute Gasteiger partial charge is 0.113 e. The fourth-order valence-corrected chi connectivity index (χ4v) is 2.49. The largest absolute Gasteiger partial charge is 0.394 e. The molecule has 0 spiro atoms. The first kappa shape index (κ1) is 12.5. The van der Waals surface area contributed by atoms with Crippen molar-refractivity contribution in [2.24, 2.45) is 0 Å². The van der Waals surface area contributed by atoms with Crippen LogP contribution in [0.5, 0.6) is 0 Å². The standard InChI is InChI=1S/C12H13ClN2OS/c13-11-7-15-12(17-11)10(8-16)14-6-9-4-2-1-3-5-9/h1-5,7,10,14,16H,6,8H2. The van der Waals surface area contributed by atoms with Gasteiger partial charge in [0.25, 0.3) is 0 Å². The molecule has 0 bridgehead atoms. The quantitative estimate of drug-likeness (QED) is 0.876. The lowest BCUT2D eigenvalue weighted by molar-refractivity contribution is 0.243. The molecule has 2 N–H and O–H groups in total. The second-order valence-corrected chi connectivity index (χ2v) is 5.30. The Morgan fingerprint density at radius 2 is 2.12 bits per heavy atom. The number of thiazole rings is 1. The van der Waals surface area contributed by atoms with E-state index in [1.807, 2.05) is 30.3 Å². The summed E-state index contributed by atoms with van der Waals surface area (Å²) in [7, 11) is 0. The Balaban J connectivity index is 1.97. The molecule has 90 valence electrons. The molecule has 17 heavy (non-hydrogen) atoms. The minimum Gasteiger partial charge on any atom is -0.394 e. The number of halogens is 1. The first-order valence-electron chi connectivity index (χ1n) is 5.29. The number of nitrogens with zero attached hydrogens (tertiary/aromatic N) is 1. The highest BCUT2D eigenvalue weighted by molar-refractivity contribution is 7.15. The maximum absolute atomic E-state index is 9.33. The van der Waals surface area contributed by atoms with Gasteiger partial charge in [0, 0.05) is 6.54 Å². The Hall–Kier alpha value is -0.940. The maximum Gasteiger partial charge on any atom is 0.113 e. The van der Waals surface area contributed by atoms with Gasteiger partial charge in [-0.15, -0.1) is 11.3 Å². The first-order valence-corrected chi connectivity index (χ1v) is 6.48. The molecule has 1 unspecified atom stereocenters. The minimum absolute atomic E-state index is 0.0106. The van der Waals surface area contributed by atoms with Crippen molar-refractivity contribution in [2.75, 3.05) is 6.61 Å². The van der Waals surface area contributed by atoms with E-state index in [-0.39, 0.29) is 12.6 Å². The van der Waals surface area contributed by atoms with Gasteiger partial charge < -0.3 is 10.4 Å². The van der Waals surface area contributed by atoms with Gasteiger partial charge in [-0.3, -0.25) is 0 Å². The molecule has 2 aromatic rings. The summed E-state index contributed by atoms with van der Waals surface area (Å²) in [5.74, 6) is 0. The topological polar surface area (TPSA) is 45.1 Å². The molecule has 1 aromatic heterocycles. The molecule has 0 aliphatic rings. The Morgan fingerprint density at radius 3 is 2.71 bits per heavy atom. The lowest BCUT2D eigenvalue weighted by Crippen LogP contribution is -2.23. The first-order chi connectivity index (χ1) is 8.29. The van der Waals surface area contributed by atoms with Crippen molar-refractivity contribution in [3.63, 3.8) is 0 Å². The molecule has 0 amide bonds. The van der Waals surface area contributed by atoms with Crippen molar-refractivity contribution in [1.82, 2.24) is 10.3 Å². The van der Waals surface area contributed by atoms with E-state index in [1.54, 1.807) is 6.20 Å². The molecule has 1 aromatic carbocycles. The van der Waals surface area contributed by atoms with Gasteiger partial charge in [-0.2, -0.15) is 0 Å². The number of rotatable bonds is 5. The Bertz CT molecular complexity index is 461. The Kier molecular flexibility index (Phi) is 4.50. The van der Waals surface area contributed by atoms with Crippen LogP contribution in [-0.4, -0.2) is 16.7 Å². The third-order valence-corrected chi connectivity index (χ3v) is 3.60. The molecule has 3 nitrogen and oxygen atoms in total. The molecular formula is C12H13ClN2OS. The van der Waals surface area contributed by atoms with Gasteiger partial charge in [0.1, 0.15) is 9.34 Å². The maximum atomic E-state index is 9.33. The molecular weight excluding hydrogens is 256 g/mol. The van der Waals surface area contributed by atoms with Crippen molar-refractivity contribution in [1.29, 1.82) is 0 Å². The Labute approximate surface area is 109 Å². The van der Waals surface area contributed by atoms with Gasteiger partial charge in [0.05, 0.1) is 18.8 Å². The van der Waals surface area contributed by atoms with Gasteiger partial charge in [-0.25, -0.2) is 4.98 Å². The van der Waals surface area contributed by atoms with Gasteiger partial charge in [0.15, 0.2) is 0 Å². The average Bonchev–Trinajstić information content (AvgIpc) is 2.78. The van der Waals surface area contributed by atoms with Gasteiger partial charge >= 0.3 is 0 Å². The van der Waals surface area contributed by atoms with Crippen LogP contribution in [0, 0.1) is 0 Å². The van der Waals surface area contributed by atoms with Crippen LogP contribution in [0.4, 0.5) is 0 Å². The molecule has 0 radical (unpaired) electrons. The van der Waals surface area contributed by atoms with E-state index in [0.717, 1.165) is 5.01 Å². The normalized spacial score (nSPS) is 12.6. The summed E-state index contributed by atoms with van der Waals surface area (Å²) in [6, 6.07) is 9.88. The number of aromatic nitrogens is 1. The predicted octanol–water partition coefficient (Wildman–Crippen LogP) is 2.62. The molecule has 1 atom stereocenters. The van der Waals surface area contributed by atoms with Crippen LogP contribution in [0.2, 0.25) is 4.34 Å². The summed E-state index contributed by atoms with van der Waals surface area (Å²) in [4.78, 5) is 4.16. The predicted molar refractivity (Wildman–Crippen MR) is 70.2 cm³/mol. The van der Waals surface area contributed by atoms with E-state index in [2.05, 4.69) is 10.3 Å². The summed E-state index contributed by atoms with van der Waals surface area (Å²) >= 11 is 7.21. The zero-order valence-corrected chi connectivity index (χ0v) is 10.7. The van der Waals surface area contributed by atoms with Crippen molar-refractivity contribution >= 4 is 22.9 Å². The van der Waals surface area contributed by atoms with Crippen LogP contribution in [0.3, 0.4) is 0 Å². The third kappa shape index (κ3) is 3.51. The second-order valence-electron chi connectivity index (χ2n) is 3.60. The van der Waals surface area contributed by atoms with E-state index in [4.69, 9.17) is 11.6 Å². The van der Waals surface area contributed by atoms with E-state index in [9.17, 15) is 5.11 Å². The molecule has 0 saturated heterocycles. The molecule has 5 heteroatoms. The van der Waals surface area contributed by atoms with Gasteiger partial charge in [-0.1, -0.05) is 41.9 Å². The summed E-state index contributed by atoms with van der Waals surface area (Å²) in [5.41, 5.74) is 1.17. The number of benzene rings is 1. The molecule has 0 aliphatic carbocycles. The lowest BCUT2D eigenvalue weighted by Gasteiger charge is -2.13. The summed E-state index contributed by atoms with van der Waals surface area (Å²) in [6.07, 6.45) is 1.61. The van der Waals surface area contributed by atoms with Crippen LogP contribution in [0.15, 0.2) is 36.5 Å². The van der Waals surface area contributed by atoms with Crippen molar-refractivity contribution in [2.45, 2.75) is 12.6 Å². The number of hydrogen-bond donors (Lipinski definition) is 2. The molecule has 0 aliphatic heterocycles.